The molecule has 1 amide bonds. The summed E-state index contributed by atoms with van der Waals surface area (Å²) in [5.41, 5.74) is 1.41. The minimum atomic E-state index is -0.364. The Balaban J connectivity index is 2.49. The lowest BCUT2D eigenvalue weighted by Crippen LogP contribution is -2.34. The summed E-state index contributed by atoms with van der Waals surface area (Å²) in [6.45, 7) is 5.84. The van der Waals surface area contributed by atoms with E-state index >= 15 is 0 Å². The largest absolute Gasteiger partial charge is 0.494 e. The van der Waals surface area contributed by atoms with Crippen molar-refractivity contribution >= 4 is 5.91 Å². The first-order valence-electron chi connectivity index (χ1n) is 7.52. The van der Waals surface area contributed by atoms with Gasteiger partial charge in [0.1, 0.15) is 0 Å². The average Bonchev–Trinajstić information content (AvgIpc) is 2.55. The molecule has 23 heavy (non-hydrogen) atoms. The molecule has 0 fully saturated rings. The second kappa shape index (κ2) is 7.09. The zero-order valence-corrected chi connectivity index (χ0v) is 13.8. The van der Waals surface area contributed by atoms with Crippen LogP contribution in [0.15, 0.2) is 35.1 Å². The zero-order valence-electron chi connectivity index (χ0n) is 13.8. The van der Waals surface area contributed by atoms with E-state index in [0.29, 0.717) is 5.69 Å². The van der Waals surface area contributed by atoms with Gasteiger partial charge < -0.3 is 10.1 Å². The maximum absolute atomic E-state index is 12.4. The van der Waals surface area contributed by atoms with Crippen molar-refractivity contribution in [2.24, 2.45) is 0 Å². The van der Waals surface area contributed by atoms with E-state index in [2.05, 4.69) is 10.4 Å². The van der Waals surface area contributed by atoms with Gasteiger partial charge in [-0.05, 0) is 32.4 Å². The lowest BCUT2D eigenvalue weighted by molar-refractivity contribution is 0.0928. The molecule has 0 radical (unpaired) electrons. The summed E-state index contributed by atoms with van der Waals surface area (Å²) >= 11 is 0. The van der Waals surface area contributed by atoms with Crippen LogP contribution in [0, 0.1) is 6.92 Å². The number of amides is 1. The van der Waals surface area contributed by atoms with Crippen LogP contribution in [0.4, 0.5) is 0 Å². The fraction of sp³-hybridized carbons (Fsp3) is 0.353. The first-order valence-corrected chi connectivity index (χ1v) is 7.52. The number of hydrogen-bond donors (Lipinski definition) is 1. The summed E-state index contributed by atoms with van der Waals surface area (Å²) in [6, 6.07) is 8.62. The molecule has 6 heteroatoms. The molecule has 0 aliphatic carbocycles. The quantitative estimate of drug-likeness (QED) is 0.917. The number of rotatable bonds is 5. The number of aromatic nitrogens is 2. The summed E-state index contributed by atoms with van der Waals surface area (Å²) in [6.07, 6.45) is 0.797. The Labute approximate surface area is 135 Å². The van der Waals surface area contributed by atoms with Gasteiger partial charge in [0.25, 0.3) is 11.5 Å². The van der Waals surface area contributed by atoms with E-state index in [-0.39, 0.29) is 29.0 Å². The monoisotopic (exact) mass is 315 g/mol. The molecule has 0 saturated heterocycles. The molecule has 0 saturated carbocycles. The van der Waals surface area contributed by atoms with Crippen molar-refractivity contribution in [2.45, 2.75) is 33.2 Å². The van der Waals surface area contributed by atoms with Gasteiger partial charge in [0.15, 0.2) is 11.4 Å². The number of nitrogens with zero attached hydrogens (tertiary/aromatic N) is 2. The molecule has 2 rings (SSSR count). The summed E-state index contributed by atoms with van der Waals surface area (Å²) in [4.78, 5) is 24.6. The molecule has 0 bridgehead atoms. The number of carbonyl (C=O) groups excluding carboxylic acids is 1. The molecule has 0 unspecified atom stereocenters. The molecule has 0 aliphatic heterocycles. The zero-order chi connectivity index (χ0) is 17.0. The molecule has 1 heterocycles. The predicted molar refractivity (Wildman–Crippen MR) is 88.3 cm³/mol. The van der Waals surface area contributed by atoms with Gasteiger partial charge in [-0.1, -0.05) is 24.6 Å². The van der Waals surface area contributed by atoms with Crippen molar-refractivity contribution in [1.82, 2.24) is 15.1 Å². The van der Waals surface area contributed by atoms with Crippen LogP contribution in [-0.4, -0.2) is 28.8 Å². The van der Waals surface area contributed by atoms with Crippen LogP contribution in [0.1, 0.15) is 36.3 Å². The van der Waals surface area contributed by atoms with E-state index in [1.807, 2.05) is 32.9 Å². The van der Waals surface area contributed by atoms with Crippen molar-refractivity contribution < 1.29 is 9.53 Å². The van der Waals surface area contributed by atoms with Gasteiger partial charge in [0, 0.05) is 6.04 Å². The second-order valence-electron chi connectivity index (χ2n) is 5.43. The highest BCUT2D eigenvalue weighted by Gasteiger charge is 2.19. The predicted octanol–water partition coefficient (Wildman–Crippen LogP) is 2.08. The number of methoxy groups -OCH3 is 1. The van der Waals surface area contributed by atoms with E-state index in [4.69, 9.17) is 4.74 Å². The lowest BCUT2D eigenvalue weighted by Gasteiger charge is -2.14. The standard InChI is InChI=1S/C17H21N3O3/c1-5-12(3)18-17(22)16-14(23-4)10-15(21)20(19-16)13-8-6-11(2)7-9-13/h6-10,12H,5H2,1-4H3,(H,18,22)/t12-/m1/s1. The van der Waals surface area contributed by atoms with Gasteiger partial charge in [0.05, 0.1) is 18.9 Å². The highest BCUT2D eigenvalue weighted by Crippen LogP contribution is 2.15. The number of ether oxygens (including phenoxy) is 1. The molecule has 1 atom stereocenters. The normalized spacial score (nSPS) is 11.8. The van der Waals surface area contributed by atoms with Gasteiger partial charge >= 0.3 is 0 Å². The molecule has 6 nitrogen and oxygen atoms in total. The molecular weight excluding hydrogens is 294 g/mol. The molecule has 0 aliphatic rings. The highest BCUT2D eigenvalue weighted by atomic mass is 16.5. The van der Waals surface area contributed by atoms with Crippen LogP contribution in [0.25, 0.3) is 5.69 Å². The smallest absolute Gasteiger partial charge is 0.275 e. The van der Waals surface area contributed by atoms with E-state index in [1.54, 1.807) is 12.1 Å². The third-order valence-corrected chi connectivity index (χ3v) is 3.60. The second-order valence-corrected chi connectivity index (χ2v) is 5.43. The first-order chi connectivity index (χ1) is 11.0. The van der Waals surface area contributed by atoms with Gasteiger partial charge in [-0.25, -0.2) is 0 Å². The Morgan fingerprint density at radius 3 is 2.57 bits per heavy atom. The summed E-state index contributed by atoms with van der Waals surface area (Å²) < 4.78 is 6.34. The first kappa shape index (κ1) is 16.7. The van der Waals surface area contributed by atoms with Crippen LogP contribution in [0.2, 0.25) is 0 Å². The fourth-order valence-electron chi connectivity index (χ4n) is 2.02. The Kier molecular flexibility index (Phi) is 5.16. The van der Waals surface area contributed by atoms with Crippen LogP contribution in [-0.2, 0) is 0 Å². The third-order valence-electron chi connectivity index (χ3n) is 3.60. The number of carbonyl (C=O) groups is 1. The maximum Gasteiger partial charge on any atom is 0.275 e. The van der Waals surface area contributed by atoms with Crippen molar-refractivity contribution in [3.63, 3.8) is 0 Å². The van der Waals surface area contributed by atoms with E-state index in [9.17, 15) is 9.59 Å². The van der Waals surface area contributed by atoms with Crippen molar-refractivity contribution in [1.29, 1.82) is 0 Å². The summed E-state index contributed by atoms with van der Waals surface area (Å²) in [7, 11) is 1.41. The third kappa shape index (κ3) is 3.77. The maximum atomic E-state index is 12.4. The van der Waals surface area contributed by atoms with Crippen LogP contribution in [0.5, 0.6) is 5.75 Å². The Hall–Kier alpha value is -2.63. The van der Waals surface area contributed by atoms with E-state index in [0.717, 1.165) is 12.0 Å². The van der Waals surface area contributed by atoms with Crippen molar-refractivity contribution in [3.05, 3.63) is 51.9 Å². The minimum Gasteiger partial charge on any atom is -0.494 e. The number of aryl methyl sites for hydroxylation is 1. The molecule has 0 spiro atoms. The van der Waals surface area contributed by atoms with Crippen molar-refractivity contribution in [3.8, 4) is 11.4 Å². The van der Waals surface area contributed by atoms with Crippen LogP contribution in [0.3, 0.4) is 0 Å². The van der Waals surface area contributed by atoms with Crippen molar-refractivity contribution in [2.75, 3.05) is 7.11 Å². The topological polar surface area (TPSA) is 73.2 Å². The van der Waals surface area contributed by atoms with E-state index in [1.165, 1.54) is 17.9 Å². The average molecular weight is 315 g/mol. The van der Waals surface area contributed by atoms with Gasteiger partial charge in [-0.15, -0.1) is 0 Å². The number of hydrogen-bond acceptors (Lipinski definition) is 4. The molecule has 1 N–H and O–H groups in total. The lowest BCUT2D eigenvalue weighted by atomic mass is 10.2. The molecule has 122 valence electrons. The summed E-state index contributed by atoms with van der Waals surface area (Å²) in [5.74, 6) is -0.198. The Bertz CT molecular complexity index is 751. The molecule has 2 aromatic rings. The van der Waals surface area contributed by atoms with Gasteiger partial charge in [0.2, 0.25) is 0 Å². The van der Waals surface area contributed by atoms with Crippen LogP contribution >= 0.6 is 0 Å². The Morgan fingerprint density at radius 1 is 1.35 bits per heavy atom. The van der Waals surface area contributed by atoms with E-state index < -0.39 is 0 Å². The van der Waals surface area contributed by atoms with Crippen LogP contribution < -0.4 is 15.6 Å². The molecule has 1 aromatic heterocycles. The minimum absolute atomic E-state index is 0.00811. The molecular formula is C17H21N3O3. The number of nitrogens with one attached hydrogen (secondary N) is 1. The van der Waals surface area contributed by atoms with Gasteiger partial charge in [-0.3, -0.25) is 9.59 Å². The number of benzene rings is 1. The summed E-state index contributed by atoms with van der Waals surface area (Å²) in [5, 5.41) is 7.03. The Morgan fingerprint density at radius 2 is 2.00 bits per heavy atom. The fourth-order valence-corrected chi connectivity index (χ4v) is 2.02. The SMILES string of the molecule is CC[C@@H](C)NC(=O)c1nn(-c2ccc(C)cc2)c(=O)cc1OC. The highest BCUT2D eigenvalue weighted by molar-refractivity contribution is 5.94. The molecule has 1 aromatic carbocycles. The van der Waals surface area contributed by atoms with Gasteiger partial charge in [-0.2, -0.15) is 9.78 Å².